The highest BCUT2D eigenvalue weighted by Gasteiger charge is 2.36. The molecule has 2 heterocycles. The summed E-state index contributed by atoms with van der Waals surface area (Å²) in [5, 5.41) is 17.1. The third kappa shape index (κ3) is 4.64. The molecular weight excluding hydrogens is 490 g/mol. The van der Waals surface area contributed by atoms with E-state index in [0.29, 0.717) is 22.2 Å². The Kier molecular flexibility index (Phi) is 6.14. The number of nitrogens with zero attached hydrogens (tertiary/aromatic N) is 4. The molecule has 1 amide bonds. The van der Waals surface area contributed by atoms with Crippen LogP contribution in [0.4, 0.5) is 23.4 Å². The van der Waals surface area contributed by atoms with Crippen LogP contribution in [0.2, 0.25) is 0 Å². The van der Waals surface area contributed by atoms with Gasteiger partial charge in [-0.25, -0.2) is 19.0 Å². The SMILES string of the molecule is O=C(Nc1c2ccc(CO)cc2nn1-c1ccccc1)c1cc(-c2ncccn2)c(C(F)(F)F)cc1F. The summed E-state index contributed by atoms with van der Waals surface area (Å²) in [6.45, 7) is -0.225. The molecule has 0 saturated carbocycles. The van der Waals surface area contributed by atoms with Crippen LogP contribution < -0.4 is 5.32 Å². The molecule has 0 aliphatic carbocycles. The molecule has 0 atom stereocenters. The van der Waals surface area contributed by atoms with Crippen molar-refractivity contribution in [3.8, 4) is 17.1 Å². The maximum Gasteiger partial charge on any atom is 0.417 e. The van der Waals surface area contributed by atoms with Gasteiger partial charge in [-0.15, -0.1) is 0 Å². The summed E-state index contributed by atoms with van der Waals surface area (Å²) in [5.74, 6) is -2.48. The van der Waals surface area contributed by atoms with Crippen LogP contribution in [-0.4, -0.2) is 30.8 Å². The fourth-order valence-corrected chi connectivity index (χ4v) is 3.89. The fourth-order valence-electron chi connectivity index (χ4n) is 3.89. The molecule has 37 heavy (non-hydrogen) atoms. The summed E-state index contributed by atoms with van der Waals surface area (Å²) in [4.78, 5) is 21.0. The number of amides is 1. The number of fused-ring (bicyclic) bond motifs is 1. The van der Waals surface area contributed by atoms with Crippen molar-refractivity contribution in [3.05, 3.63) is 102 Å². The molecule has 5 rings (SSSR count). The molecule has 5 aromatic rings. The first-order chi connectivity index (χ1) is 17.8. The van der Waals surface area contributed by atoms with Gasteiger partial charge in [-0.3, -0.25) is 4.79 Å². The second-order valence-electron chi connectivity index (χ2n) is 8.01. The second kappa shape index (κ2) is 9.43. The third-order valence-electron chi connectivity index (χ3n) is 5.62. The first kappa shape index (κ1) is 24.1. The molecule has 0 saturated heterocycles. The quantitative estimate of drug-likeness (QED) is 0.312. The summed E-state index contributed by atoms with van der Waals surface area (Å²) in [6.07, 6.45) is -2.41. The summed E-state index contributed by atoms with van der Waals surface area (Å²) >= 11 is 0. The highest BCUT2D eigenvalue weighted by Crippen LogP contribution is 2.38. The van der Waals surface area contributed by atoms with Gasteiger partial charge >= 0.3 is 6.18 Å². The zero-order valence-corrected chi connectivity index (χ0v) is 18.9. The lowest BCUT2D eigenvalue weighted by Gasteiger charge is -2.15. The van der Waals surface area contributed by atoms with E-state index in [-0.39, 0.29) is 24.3 Å². The number of carbonyl (C=O) groups excluding carboxylic acids is 1. The molecule has 2 N–H and O–H groups in total. The Labute approximate surface area is 207 Å². The predicted octanol–water partition coefficient (Wildman–Crippen LogP) is 5.39. The number of hydrogen-bond donors (Lipinski definition) is 2. The van der Waals surface area contributed by atoms with Gasteiger partial charge in [-0.2, -0.15) is 18.3 Å². The molecule has 0 bridgehead atoms. The van der Waals surface area contributed by atoms with Crippen molar-refractivity contribution < 1.29 is 27.5 Å². The minimum absolute atomic E-state index is 0.174. The van der Waals surface area contributed by atoms with Gasteiger partial charge in [0.15, 0.2) is 5.82 Å². The van der Waals surface area contributed by atoms with Gasteiger partial charge in [-0.05, 0) is 48.0 Å². The molecule has 0 spiro atoms. The number of aromatic nitrogens is 4. The molecule has 7 nitrogen and oxygen atoms in total. The zero-order valence-electron chi connectivity index (χ0n) is 18.9. The van der Waals surface area contributed by atoms with E-state index in [1.165, 1.54) is 23.1 Å². The van der Waals surface area contributed by atoms with Crippen molar-refractivity contribution in [1.29, 1.82) is 0 Å². The Morgan fingerprint density at radius 3 is 2.38 bits per heavy atom. The van der Waals surface area contributed by atoms with E-state index < -0.39 is 34.6 Å². The van der Waals surface area contributed by atoms with Gasteiger partial charge in [0.1, 0.15) is 11.6 Å². The van der Waals surface area contributed by atoms with Crippen LogP contribution in [0.1, 0.15) is 21.5 Å². The maximum atomic E-state index is 14.9. The van der Waals surface area contributed by atoms with Crippen LogP contribution in [-0.2, 0) is 12.8 Å². The number of nitrogens with one attached hydrogen (secondary N) is 1. The summed E-state index contributed by atoms with van der Waals surface area (Å²) < 4.78 is 57.4. The highest BCUT2D eigenvalue weighted by atomic mass is 19.4. The van der Waals surface area contributed by atoms with Crippen LogP contribution in [0.3, 0.4) is 0 Å². The topological polar surface area (TPSA) is 92.9 Å². The van der Waals surface area contributed by atoms with Gasteiger partial charge in [0.05, 0.1) is 28.9 Å². The number of aliphatic hydroxyl groups excluding tert-OH is 1. The summed E-state index contributed by atoms with van der Waals surface area (Å²) in [6, 6.07) is 16.2. The first-order valence-corrected chi connectivity index (χ1v) is 10.9. The first-order valence-electron chi connectivity index (χ1n) is 10.9. The van der Waals surface area contributed by atoms with Crippen molar-refractivity contribution in [3.63, 3.8) is 0 Å². The monoisotopic (exact) mass is 507 g/mol. The smallest absolute Gasteiger partial charge is 0.392 e. The molecule has 2 aromatic heterocycles. The zero-order chi connectivity index (χ0) is 26.2. The van der Waals surface area contributed by atoms with Crippen molar-refractivity contribution in [2.24, 2.45) is 0 Å². The Bertz CT molecular complexity index is 1600. The molecular formula is C26H17F4N5O2. The largest absolute Gasteiger partial charge is 0.417 e. The van der Waals surface area contributed by atoms with Gasteiger partial charge in [0, 0.05) is 23.3 Å². The predicted molar refractivity (Wildman–Crippen MR) is 127 cm³/mol. The molecule has 11 heteroatoms. The summed E-state index contributed by atoms with van der Waals surface area (Å²) in [7, 11) is 0. The lowest BCUT2D eigenvalue weighted by atomic mass is 10.0. The van der Waals surface area contributed by atoms with Crippen molar-refractivity contribution in [1.82, 2.24) is 19.7 Å². The average molecular weight is 507 g/mol. The van der Waals surface area contributed by atoms with E-state index >= 15 is 0 Å². The molecule has 0 aliphatic rings. The van der Waals surface area contributed by atoms with Crippen LogP contribution in [0.25, 0.3) is 28.0 Å². The van der Waals surface area contributed by atoms with Gasteiger partial charge in [0.2, 0.25) is 0 Å². The van der Waals surface area contributed by atoms with E-state index in [1.807, 2.05) is 0 Å². The van der Waals surface area contributed by atoms with Gasteiger partial charge in [-0.1, -0.05) is 24.3 Å². The highest BCUT2D eigenvalue weighted by molar-refractivity contribution is 6.09. The van der Waals surface area contributed by atoms with E-state index in [9.17, 15) is 27.5 Å². The van der Waals surface area contributed by atoms with Crippen LogP contribution in [0.15, 0.2) is 79.1 Å². The Morgan fingerprint density at radius 1 is 0.973 bits per heavy atom. The standard InChI is InChI=1S/C26H17F4N5O2/c27-21-13-20(26(28,29)30)18(23-31-9-4-10-32-23)12-19(21)25(37)33-24-17-8-7-15(14-36)11-22(17)34-35(24)16-5-2-1-3-6-16/h1-13,36H,14H2,(H,33,37). The molecule has 0 radical (unpaired) electrons. The number of halogens is 4. The number of para-hydroxylation sites is 1. The Balaban J connectivity index is 1.63. The van der Waals surface area contributed by atoms with Crippen molar-refractivity contribution >= 4 is 22.6 Å². The fraction of sp³-hybridized carbons (Fsp3) is 0.0769. The normalized spacial score (nSPS) is 11.6. The molecule has 0 fully saturated rings. The van der Waals surface area contributed by atoms with Crippen LogP contribution >= 0.6 is 0 Å². The maximum absolute atomic E-state index is 14.9. The van der Waals surface area contributed by atoms with Gasteiger partial charge < -0.3 is 10.4 Å². The average Bonchev–Trinajstić information content (AvgIpc) is 3.26. The number of hydrogen-bond acceptors (Lipinski definition) is 5. The number of benzene rings is 3. The molecule has 186 valence electrons. The number of alkyl halides is 3. The lowest BCUT2D eigenvalue weighted by Crippen LogP contribution is -2.18. The molecule has 0 aliphatic heterocycles. The Hall–Kier alpha value is -4.64. The minimum Gasteiger partial charge on any atom is -0.392 e. The summed E-state index contributed by atoms with van der Waals surface area (Å²) in [5.41, 5.74) is -0.860. The van der Waals surface area contributed by atoms with E-state index in [0.717, 1.165) is 6.07 Å². The molecule has 3 aromatic carbocycles. The number of aliphatic hydroxyl groups is 1. The van der Waals surface area contributed by atoms with Crippen LogP contribution in [0, 0.1) is 5.82 Å². The van der Waals surface area contributed by atoms with Crippen molar-refractivity contribution in [2.75, 3.05) is 5.32 Å². The van der Waals surface area contributed by atoms with E-state index in [2.05, 4.69) is 20.4 Å². The van der Waals surface area contributed by atoms with Crippen molar-refractivity contribution in [2.45, 2.75) is 12.8 Å². The van der Waals surface area contributed by atoms with E-state index in [1.54, 1.807) is 48.5 Å². The second-order valence-corrected chi connectivity index (χ2v) is 8.01. The minimum atomic E-state index is -4.91. The lowest BCUT2D eigenvalue weighted by molar-refractivity contribution is -0.137. The Morgan fingerprint density at radius 2 is 1.70 bits per heavy atom. The number of carbonyl (C=O) groups is 1. The van der Waals surface area contributed by atoms with Gasteiger partial charge in [0.25, 0.3) is 5.91 Å². The molecule has 0 unspecified atom stereocenters. The number of rotatable bonds is 5. The van der Waals surface area contributed by atoms with E-state index in [4.69, 9.17) is 0 Å². The van der Waals surface area contributed by atoms with Crippen LogP contribution in [0.5, 0.6) is 0 Å². The number of anilines is 1. The third-order valence-corrected chi connectivity index (χ3v) is 5.62.